The SMILES string of the molecule is O=c1[nH]c(CS[C@H]2CC[C@@H](CO)CC2)nc2cc(Nc3cccnc3)ccc12. The standard InChI is InChI=1S/C21H24N4O2S/c26-12-14-3-6-17(7-4-14)28-13-20-24-19-10-15(5-8-18(19)21(27)25-20)23-16-2-1-9-22-11-16/h1-2,5,8-11,14,17,23,26H,3-4,6-7,12-13H2,(H,24,25,27)/t14-,17+. The first-order valence-electron chi connectivity index (χ1n) is 9.64. The van der Waals surface area contributed by atoms with Gasteiger partial charge in [0.2, 0.25) is 0 Å². The number of thioether (sulfide) groups is 1. The molecule has 0 radical (unpaired) electrons. The van der Waals surface area contributed by atoms with Gasteiger partial charge in [0, 0.05) is 23.7 Å². The van der Waals surface area contributed by atoms with Crippen LogP contribution in [0.2, 0.25) is 0 Å². The summed E-state index contributed by atoms with van der Waals surface area (Å²) in [6.07, 6.45) is 7.88. The van der Waals surface area contributed by atoms with Gasteiger partial charge < -0.3 is 15.4 Å². The Hall–Kier alpha value is -2.38. The maximum absolute atomic E-state index is 12.4. The molecule has 1 saturated carbocycles. The molecule has 3 N–H and O–H groups in total. The zero-order chi connectivity index (χ0) is 19.3. The summed E-state index contributed by atoms with van der Waals surface area (Å²) in [5.41, 5.74) is 2.36. The van der Waals surface area contributed by atoms with Crippen molar-refractivity contribution in [2.45, 2.75) is 36.7 Å². The molecule has 6 nitrogen and oxygen atoms in total. The van der Waals surface area contributed by atoms with E-state index in [1.165, 1.54) is 0 Å². The molecule has 0 bridgehead atoms. The van der Waals surface area contributed by atoms with Crippen LogP contribution in [0.5, 0.6) is 0 Å². The summed E-state index contributed by atoms with van der Waals surface area (Å²) in [6.45, 7) is 0.298. The molecule has 1 aromatic carbocycles. The number of pyridine rings is 1. The Morgan fingerprint density at radius 2 is 2.04 bits per heavy atom. The molecule has 0 atom stereocenters. The summed E-state index contributed by atoms with van der Waals surface area (Å²) >= 11 is 1.85. The van der Waals surface area contributed by atoms with Crippen LogP contribution in [-0.2, 0) is 5.75 Å². The first-order valence-corrected chi connectivity index (χ1v) is 10.7. The number of aliphatic hydroxyl groups is 1. The fourth-order valence-corrected chi connectivity index (χ4v) is 4.75. The van der Waals surface area contributed by atoms with Gasteiger partial charge in [0.25, 0.3) is 5.56 Å². The number of fused-ring (bicyclic) bond motifs is 1. The third-order valence-corrected chi connectivity index (χ3v) is 6.60. The van der Waals surface area contributed by atoms with Crippen molar-refractivity contribution < 1.29 is 5.11 Å². The quantitative estimate of drug-likeness (QED) is 0.586. The number of aromatic amines is 1. The first-order chi connectivity index (χ1) is 13.7. The van der Waals surface area contributed by atoms with Crippen LogP contribution in [0.3, 0.4) is 0 Å². The average molecular weight is 397 g/mol. The lowest BCUT2D eigenvalue weighted by molar-refractivity contribution is 0.192. The molecule has 3 aromatic rings. The average Bonchev–Trinajstić information content (AvgIpc) is 2.73. The van der Waals surface area contributed by atoms with Crippen LogP contribution >= 0.6 is 11.8 Å². The molecule has 1 aliphatic rings. The fourth-order valence-electron chi connectivity index (χ4n) is 3.62. The summed E-state index contributed by atoms with van der Waals surface area (Å²) < 4.78 is 0. The van der Waals surface area contributed by atoms with Crippen molar-refractivity contribution in [1.29, 1.82) is 0 Å². The minimum absolute atomic E-state index is 0.0995. The van der Waals surface area contributed by atoms with Gasteiger partial charge in [-0.25, -0.2) is 4.98 Å². The van der Waals surface area contributed by atoms with E-state index in [1.54, 1.807) is 18.5 Å². The van der Waals surface area contributed by atoms with E-state index in [2.05, 4.69) is 20.3 Å². The van der Waals surface area contributed by atoms with Gasteiger partial charge in [-0.05, 0) is 61.9 Å². The summed E-state index contributed by atoms with van der Waals surface area (Å²) in [4.78, 5) is 24.1. The maximum atomic E-state index is 12.4. The van der Waals surface area contributed by atoms with Crippen molar-refractivity contribution in [3.63, 3.8) is 0 Å². The second-order valence-electron chi connectivity index (χ2n) is 7.25. The van der Waals surface area contributed by atoms with Gasteiger partial charge in [-0.1, -0.05) is 0 Å². The van der Waals surface area contributed by atoms with E-state index in [-0.39, 0.29) is 5.56 Å². The van der Waals surface area contributed by atoms with Crippen molar-refractivity contribution in [2.75, 3.05) is 11.9 Å². The van der Waals surface area contributed by atoms with E-state index in [9.17, 15) is 9.90 Å². The van der Waals surface area contributed by atoms with Crippen molar-refractivity contribution in [1.82, 2.24) is 15.0 Å². The van der Waals surface area contributed by atoms with Crippen LogP contribution < -0.4 is 10.9 Å². The predicted octanol–water partition coefficient (Wildman–Crippen LogP) is 3.85. The highest BCUT2D eigenvalue weighted by molar-refractivity contribution is 7.99. The molecule has 0 spiro atoms. The Morgan fingerprint density at radius 3 is 2.79 bits per heavy atom. The number of aromatic nitrogens is 3. The van der Waals surface area contributed by atoms with E-state index in [0.717, 1.165) is 37.1 Å². The van der Waals surface area contributed by atoms with E-state index < -0.39 is 0 Å². The number of hydrogen-bond donors (Lipinski definition) is 3. The molecule has 0 amide bonds. The Morgan fingerprint density at radius 1 is 1.18 bits per heavy atom. The summed E-state index contributed by atoms with van der Waals surface area (Å²) in [6, 6.07) is 9.39. The van der Waals surface area contributed by atoms with Gasteiger partial charge in [-0.15, -0.1) is 0 Å². The van der Waals surface area contributed by atoms with Crippen molar-refractivity contribution >= 4 is 34.0 Å². The van der Waals surface area contributed by atoms with E-state index in [4.69, 9.17) is 0 Å². The fraction of sp³-hybridized carbons (Fsp3) is 0.381. The molecular weight excluding hydrogens is 372 g/mol. The van der Waals surface area contributed by atoms with Crippen LogP contribution in [0.15, 0.2) is 47.5 Å². The van der Waals surface area contributed by atoms with Crippen molar-refractivity contribution in [3.05, 3.63) is 58.9 Å². The summed E-state index contributed by atoms with van der Waals surface area (Å²) in [5.74, 6) is 1.87. The predicted molar refractivity (Wildman–Crippen MR) is 114 cm³/mol. The third kappa shape index (κ3) is 4.54. The minimum Gasteiger partial charge on any atom is -0.396 e. The highest BCUT2D eigenvalue weighted by atomic mass is 32.2. The highest BCUT2D eigenvalue weighted by Gasteiger charge is 2.21. The minimum atomic E-state index is -0.0995. The Kier molecular flexibility index (Phi) is 5.92. The number of H-pyrrole nitrogens is 1. The number of nitrogens with one attached hydrogen (secondary N) is 2. The van der Waals surface area contributed by atoms with Crippen LogP contribution in [0.1, 0.15) is 31.5 Å². The van der Waals surface area contributed by atoms with Crippen molar-refractivity contribution in [3.8, 4) is 0 Å². The molecule has 0 saturated heterocycles. The molecule has 146 valence electrons. The van der Waals surface area contributed by atoms with E-state index in [1.807, 2.05) is 36.0 Å². The van der Waals surface area contributed by atoms with Gasteiger partial charge in [0.15, 0.2) is 0 Å². The molecule has 7 heteroatoms. The van der Waals surface area contributed by atoms with Gasteiger partial charge in [-0.3, -0.25) is 9.78 Å². The lowest BCUT2D eigenvalue weighted by Gasteiger charge is -2.26. The molecule has 0 unspecified atom stereocenters. The molecule has 2 heterocycles. The largest absolute Gasteiger partial charge is 0.396 e. The third-order valence-electron chi connectivity index (χ3n) is 5.21. The van der Waals surface area contributed by atoms with Crippen LogP contribution in [0, 0.1) is 5.92 Å². The highest BCUT2D eigenvalue weighted by Crippen LogP contribution is 2.33. The zero-order valence-electron chi connectivity index (χ0n) is 15.6. The molecule has 0 aliphatic heterocycles. The topological polar surface area (TPSA) is 90.9 Å². The van der Waals surface area contributed by atoms with Gasteiger partial charge in [0.1, 0.15) is 5.82 Å². The molecule has 28 heavy (non-hydrogen) atoms. The molecule has 4 rings (SSSR count). The lowest BCUT2D eigenvalue weighted by atomic mass is 9.90. The van der Waals surface area contributed by atoms with Crippen LogP contribution in [0.4, 0.5) is 11.4 Å². The van der Waals surface area contributed by atoms with Crippen molar-refractivity contribution in [2.24, 2.45) is 5.92 Å². The second-order valence-corrected chi connectivity index (χ2v) is 8.54. The van der Waals surface area contributed by atoms with E-state index >= 15 is 0 Å². The summed E-state index contributed by atoms with van der Waals surface area (Å²) in [7, 11) is 0. The molecule has 1 aliphatic carbocycles. The van der Waals surface area contributed by atoms with Gasteiger partial charge in [0.05, 0.1) is 28.5 Å². The number of hydrogen-bond acceptors (Lipinski definition) is 6. The first kappa shape index (κ1) is 19.0. The molecule has 2 aromatic heterocycles. The number of nitrogens with zero attached hydrogens (tertiary/aromatic N) is 2. The Balaban J connectivity index is 1.47. The maximum Gasteiger partial charge on any atom is 0.258 e. The second kappa shape index (κ2) is 8.75. The van der Waals surface area contributed by atoms with E-state index in [0.29, 0.717) is 40.3 Å². The number of rotatable bonds is 6. The smallest absolute Gasteiger partial charge is 0.258 e. The summed E-state index contributed by atoms with van der Waals surface area (Å²) in [5, 5.41) is 13.7. The molecular formula is C21H24N4O2S. The van der Waals surface area contributed by atoms with Crippen LogP contribution in [-0.4, -0.2) is 31.9 Å². The van der Waals surface area contributed by atoms with Gasteiger partial charge in [-0.2, -0.15) is 11.8 Å². The molecule has 1 fully saturated rings. The number of benzene rings is 1. The number of anilines is 2. The van der Waals surface area contributed by atoms with Gasteiger partial charge >= 0.3 is 0 Å². The van der Waals surface area contributed by atoms with Crippen LogP contribution in [0.25, 0.3) is 10.9 Å². The zero-order valence-corrected chi connectivity index (χ0v) is 16.4. The Bertz CT molecular complexity index is 985. The monoisotopic (exact) mass is 396 g/mol. The normalized spacial score (nSPS) is 19.6. The Labute approximate surface area is 167 Å². The lowest BCUT2D eigenvalue weighted by Crippen LogP contribution is -2.19. The number of aliphatic hydroxyl groups excluding tert-OH is 1.